The van der Waals surface area contributed by atoms with E-state index in [-0.39, 0.29) is 11.8 Å². The van der Waals surface area contributed by atoms with Gasteiger partial charge in [-0.25, -0.2) is 0 Å². The van der Waals surface area contributed by atoms with Gasteiger partial charge in [-0.05, 0) is 36.9 Å². The standard InChI is InChI=1S/C21H28N2O/c1-3-22-17(2)16-23-21(24)15-20(19-12-8-5-9-13-19)14-18-10-6-4-7-11-18/h4-13,17,20,22H,3,14-16H2,1-2H3,(H,23,24)/t17-,20?/m1/s1. The molecule has 0 radical (unpaired) electrons. The van der Waals surface area contributed by atoms with Gasteiger partial charge in [0, 0.05) is 19.0 Å². The molecule has 0 aliphatic heterocycles. The summed E-state index contributed by atoms with van der Waals surface area (Å²) in [7, 11) is 0. The molecule has 0 spiro atoms. The molecule has 1 amide bonds. The number of carbonyl (C=O) groups excluding carboxylic acids is 1. The minimum atomic E-state index is 0.115. The Bertz CT molecular complexity index is 598. The Morgan fingerprint density at radius 3 is 2.25 bits per heavy atom. The quantitative estimate of drug-likeness (QED) is 0.741. The average molecular weight is 324 g/mol. The van der Waals surface area contributed by atoms with E-state index in [1.807, 2.05) is 24.3 Å². The molecule has 0 saturated heterocycles. The van der Waals surface area contributed by atoms with Crippen LogP contribution in [-0.4, -0.2) is 25.0 Å². The fourth-order valence-electron chi connectivity index (χ4n) is 2.92. The van der Waals surface area contributed by atoms with Crippen molar-refractivity contribution < 1.29 is 4.79 Å². The van der Waals surface area contributed by atoms with Crippen molar-refractivity contribution in [3.05, 3.63) is 71.8 Å². The van der Waals surface area contributed by atoms with E-state index in [4.69, 9.17) is 0 Å². The third-order valence-corrected chi connectivity index (χ3v) is 4.19. The normalized spacial score (nSPS) is 13.2. The van der Waals surface area contributed by atoms with Gasteiger partial charge in [0.05, 0.1) is 0 Å². The number of rotatable bonds is 9. The van der Waals surface area contributed by atoms with Crippen LogP contribution in [-0.2, 0) is 11.2 Å². The lowest BCUT2D eigenvalue weighted by molar-refractivity contribution is -0.121. The van der Waals surface area contributed by atoms with E-state index in [1.165, 1.54) is 11.1 Å². The molecule has 2 rings (SSSR count). The number of hydrogen-bond donors (Lipinski definition) is 2. The van der Waals surface area contributed by atoms with Crippen molar-refractivity contribution in [2.75, 3.05) is 13.1 Å². The zero-order valence-electron chi connectivity index (χ0n) is 14.7. The van der Waals surface area contributed by atoms with Crippen molar-refractivity contribution in [2.45, 2.75) is 38.6 Å². The lowest BCUT2D eigenvalue weighted by atomic mass is 9.89. The summed E-state index contributed by atoms with van der Waals surface area (Å²) in [4.78, 5) is 12.4. The Balaban J connectivity index is 1.99. The van der Waals surface area contributed by atoms with Gasteiger partial charge in [0.15, 0.2) is 0 Å². The van der Waals surface area contributed by atoms with Gasteiger partial charge in [-0.15, -0.1) is 0 Å². The number of nitrogens with one attached hydrogen (secondary N) is 2. The summed E-state index contributed by atoms with van der Waals surface area (Å²) < 4.78 is 0. The maximum Gasteiger partial charge on any atom is 0.220 e. The lowest BCUT2D eigenvalue weighted by Crippen LogP contribution is -2.39. The van der Waals surface area contributed by atoms with Crippen LogP contribution in [0.2, 0.25) is 0 Å². The number of hydrogen-bond acceptors (Lipinski definition) is 2. The van der Waals surface area contributed by atoms with Crippen molar-refractivity contribution in [3.63, 3.8) is 0 Å². The van der Waals surface area contributed by atoms with Crippen LogP contribution < -0.4 is 10.6 Å². The molecule has 24 heavy (non-hydrogen) atoms. The first-order valence-corrected chi connectivity index (χ1v) is 8.78. The Labute approximate surface area is 145 Å². The van der Waals surface area contributed by atoms with Crippen molar-refractivity contribution in [3.8, 4) is 0 Å². The van der Waals surface area contributed by atoms with Gasteiger partial charge in [0.1, 0.15) is 0 Å². The van der Waals surface area contributed by atoms with E-state index < -0.39 is 0 Å². The molecule has 2 aromatic rings. The summed E-state index contributed by atoms with van der Waals surface area (Å²) in [5, 5.41) is 6.36. The van der Waals surface area contributed by atoms with E-state index in [0.717, 1.165) is 13.0 Å². The molecule has 0 heterocycles. The molecule has 1 unspecified atom stereocenters. The fraction of sp³-hybridized carbons (Fsp3) is 0.381. The van der Waals surface area contributed by atoms with Crippen LogP contribution in [0.4, 0.5) is 0 Å². The van der Waals surface area contributed by atoms with Crippen LogP contribution in [0.5, 0.6) is 0 Å². The van der Waals surface area contributed by atoms with Crippen LogP contribution in [0.25, 0.3) is 0 Å². The third kappa shape index (κ3) is 6.17. The molecule has 2 N–H and O–H groups in total. The fourth-order valence-corrected chi connectivity index (χ4v) is 2.92. The van der Waals surface area contributed by atoms with Crippen molar-refractivity contribution in [1.29, 1.82) is 0 Å². The number of benzene rings is 2. The minimum Gasteiger partial charge on any atom is -0.355 e. The molecule has 0 fully saturated rings. The Hall–Kier alpha value is -2.13. The first-order chi connectivity index (χ1) is 11.7. The molecule has 0 aromatic heterocycles. The van der Waals surface area contributed by atoms with E-state index >= 15 is 0 Å². The minimum absolute atomic E-state index is 0.115. The third-order valence-electron chi connectivity index (χ3n) is 4.19. The smallest absolute Gasteiger partial charge is 0.220 e. The second kappa shape index (κ2) is 9.89. The first-order valence-electron chi connectivity index (χ1n) is 8.78. The van der Waals surface area contributed by atoms with Gasteiger partial charge >= 0.3 is 0 Å². The molecule has 0 aliphatic rings. The zero-order chi connectivity index (χ0) is 17.2. The maximum atomic E-state index is 12.4. The van der Waals surface area contributed by atoms with E-state index in [1.54, 1.807) is 0 Å². The first kappa shape index (κ1) is 18.2. The molecular weight excluding hydrogens is 296 g/mol. The van der Waals surface area contributed by atoms with Crippen LogP contribution >= 0.6 is 0 Å². The lowest BCUT2D eigenvalue weighted by Gasteiger charge is -2.19. The van der Waals surface area contributed by atoms with Crippen LogP contribution in [0.3, 0.4) is 0 Å². The highest BCUT2D eigenvalue weighted by Crippen LogP contribution is 2.24. The molecule has 2 aromatic carbocycles. The molecule has 0 saturated carbocycles. The second-order valence-electron chi connectivity index (χ2n) is 6.26. The van der Waals surface area contributed by atoms with E-state index in [2.05, 4.69) is 60.9 Å². The van der Waals surface area contributed by atoms with Crippen LogP contribution in [0.1, 0.15) is 37.3 Å². The van der Waals surface area contributed by atoms with Gasteiger partial charge in [-0.1, -0.05) is 67.6 Å². The molecule has 3 nitrogen and oxygen atoms in total. The second-order valence-corrected chi connectivity index (χ2v) is 6.26. The van der Waals surface area contributed by atoms with Crippen LogP contribution in [0, 0.1) is 0 Å². The van der Waals surface area contributed by atoms with Gasteiger partial charge in [-0.3, -0.25) is 4.79 Å². The Morgan fingerprint density at radius 1 is 1.00 bits per heavy atom. The van der Waals surface area contributed by atoms with Gasteiger partial charge < -0.3 is 10.6 Å². The molecular formula is C21H28N2O. The molecule has 3 heteroatoms. The predicted molar refractivity (Wildman–Crippen MR) is 100 cm³/mol. The summed E-state index contributed by atoms with van der Waals surface area (Å²) in [6, 6.07) is 21.0. The molecule has 128 valence electrons. The highest BCUT2D eigenvalue weighted by molar-refractivity contribution is 5.77. The van der Waals surface area contributed by atoms with E-state index in [9.17, 15) is 4.79 Å². The van der Waals surface area contributed by atoms with Crippen molar-refractivity contribution in [1.82, 2.24) is 10.6 Å². The number of amides is 1. The summed E-state index contributed by atoms with van der Waals surface area (Å²) >= 11 is 0. The maximum absolute atomic E-state index is 12.4. The predicted octanol–water partition coefficient (Wildman–Crippen LogP) is 3.52. The molecule has 0 bridgehead atoms. The highest BCUT2D eigenvalue weighted by atomic mass is 16.1. The average Bonchev–Trinajstić information content (AvgIpc) is 2.61. The SMILES string of the molecule is CCN[C@H](C)CNC(=O)CC(Cc1ccccc1)c1ccccc1. The van der Waals surface area contributed by atoms with Crippen molar-refractivity contribution in [2.24, 2.45) is 0 Å². The van der Waals surface area contributed by atoms with E-state index in [0.29, 0.717) is 19.0 Å². The summed E-state index contributed by atoms with van der Waals surface area (Å²) in [6.07, 6.45) is 1.39. The monoisotopic (exact) mass is 324 g/mol. The van der Waals surface area contributed by atoms with Gasteiger partial charge in [0.25, 0.3) is 0 Å². The Morgan fingerprint density at radius 2 is 1.62 bits per heavy atom. The van der Waals surface area contributed by atoms with Gasteiger partial charge in [0.2, 0.25) is 5.91 Å². The molecule has 2 atom stereocenters. The summed E-state index contributed by atoms with van der Waals surface area (Å²) in [5.74, 6) is 0.313. The molecule has 0 aliphatic carbocycles. The number of carbonyl (C=O) groups is 1. The zero-order valence-corrected chi connectivity index (χ0v) is 14.7. The summed E-state index contributed by atoms with van der Waals surface area (Å²) in [6.45, 7) is 5.74. The van der Waals surface area contributed by atoms with Gasteiger partial charge in [-0.2, -0.15) is 0 Å². The highest BCUT2D eigenvalue weighted by Gasteiger charge is 2.17. The largest absolute Gasteiger partial charge is 0.355 e. The van der Waals surface area contributed by atoms with Crippen molar-refractivity contribution >= 4 is 5.91 Å². The topological polar surface area (TPSA) is 41.1 Å². The number of likely N-dealkylation sites (N-methyl/N-ethyl adjacent to an activating group) is 1. The summed E-state index contributed by atoms with van der Waals surface area (Å²) in [5.41, 5.74) is 2.48. The van der Waals surface area contributed by atoms with Crippen LogP contribution in [0.15, 0.2) is 60.7 Å². The Kier molecular flexibility index (Phi) is 7.50.